The first kappa shape index (κ1) is 12.1. The second kappa shape index (κ2) is 5.81. The van der Waals surface area contributed by atoms with Crippen molar-refractivity contribution in [3.63, 3.8) is 0 Å². The van der Waals surface area contributed by atoms with E-state index >= 15 is 0 Å². The van der Waals surface area contributed by atoms with E-state index in [-0.39, 0.29) is 6.23 Å². The van der Waals surface area contributed by atoms with Crippen molar-refractivity contribution in [3.8, 4) is 0 Å². The first-order valence-corrected chi connectivity index (χ1v) is 8.21. The van der Waals surface area contributed by atoms with Crippen molar-refractivity contribution in [3.05, 3.63) is 17.5 Å². The van der Waals surface area contributed by atoms with Crippen LogP contribution in [0.4, 0.5) is 0 Å². The summed E-state index contributed by atoms with van der Waals surface area (Å²) in [6.45, 7) is 0.880. The molecule has 0 amide bonds. The Bertz CT molecular complexity index is 321. The normalized spacial score (nSPS) is 21.9. The molecule has 0 spiro atoms. The molecule has 0 aromatic carbocycles. The third-order valence-electron chi connectivity index (χ3n) is 2.57. The van der Waals surface area contributed by atoms with Crippen molar-refractivity contribution < 1.29 is 4.74 Å². The number of halogens is 2. The Morgan fingerprint density at radius 2 is 2.27 bits per heavy atom. The summed E-state index contributed by atoms with van der Waals surface area (Å²) in [4.78, 5) is 0. The fourth-order valence-corrected chi connectivity index (χ4v) is 2.76. The first-order valence-electron chi connectivity index (χ1n) is 5.16. The predicted octanol–water partition coefficient (Wildman–Crippen LogP) is 3.45. The Morgan fingerprint density at radius 1 is 1.40 bits per heavy atom. The topological polar surface area (TPSA) is 27.1 Å². The zero-order valence-corrected chi connectivity index (χ0v) is 12.8. The van der Waals surface area contributed by atoms with Gasteiger partial charge in [-0.1, -0.05) is 45.2 Å². The molecule has 1 aromatic rings. The van der Waals surface area contributed by atoms with Crippen LogP contribution in [0.2, 0.25) is 0 Å². The molecular formula is C10H14I2N2O. The van der Waals surface area contributed by atoms with E-state index < -0.39 is 0 Å². The monoisotopic (exact) mass is 432 g/mol. The Labute approximate surface area is 117 Å². The summed E-state index contributed by atoms with van der Waals surface area (Å²) in [5.74, 6) is 0. The summed E-state index contributed by atoms with van der Waals surface area (Å²) < 4.78 is 9.82. The van der Waals surface area contributed by atoms with Crippen molar-refractivity contribution in [2.75, 3.05) is 6.61 Å². The molecule has 15 heavy (non-hydrogen) atoms. The summed E-state index contributed by atoms with van der Waals surface area (Å²) in [6, 6.07) is 2.19. The number of ether oxygens (including phenoxy) is 1. The SMILES string of the molecule is ICc1cc(CI)n(C2CCCCO2)n1. The lowest BCUT2D eigenvalue weighted by molar-refractivity contribution is -0.0408. The molecule has 5 heteroatoms. The maximum atomic E-state index is 5.76. The molecule has 0 N–H and O–H groups in total. The number of hydrogen-bond acceptors (Lipinski definition) is 2. The van der Waals surface area contributed by atoms with Gasteiger partial charge in [0.05, 0.1) is 11.4 Å². The number of hydrogen-bond donors (Lipinski definition) is 0. The lowest BCUT2D eigenvalue weighted by atomic mass is 10.2. The van der Waals surface area contributed by atoms with Gasteiger partial charge in [0.1, 0.15) is 6.23 Å². The highest BCUT2D eigenvalue weighted by atomic mass is 127. The summed E-state index contributed by atoms with van der Waals surface area (Å²) >= 11 is 4.74. The second-order valence-electron chi connectivity index (χ2n) is 3.66. The van der Waals surface area contributed by atoms with Gasteiger partial charge in [0, 0.05) is 15.5 Å². The van der Waals surface area contributed by atoms with E-state index in [1.807, 2.05) is 0 Å². The molecule has 0 saturated carbocycles. The largest absolute Gasteiger partial charge is 0.357 e. The van der Waals surface area contributed by atoms with E-state index in [4.69, 9.17) is 4.74 Å². The average molecular weight is 432 g/mol. The van der Waals surface area contributed by atoms with Gasteiger partial charge in [-0.25, -0.2) is 4.68 Å². The van der Waals surface area contributed by atoms with E-state index in [9.17, 15) is 0 Å². The van der Waals surface area contributed by atoms with Gasteiger partial charge in [-0.2, -0.15) is 5.10 Å². The number of aromatic nitrogens is 2. The zero-order valence-electron chi connectivity index (χ0n) is 8.46. The third kappa shape index (κ3) is 2.85. The molecule has 1 atom stereocenters. The van der Waals surface area contributed by atoms with Crippen LogP contribution >= 0.6 is 45.2 Å². The average Bonchev–Trinajstić information content (AvgIpc) is 2.73. The van der Waals surface area contributed by atoms with Gasteiger partial charge in [0.15, 0.2) is 0 Å². The van der Waals surface area contributed by atoms with Crippen LogP contribution < -0.4 is 0 Å². The van der Waals surface area contributed by atoms with Gasteiger partial charge in [-0.05, 0) is 25.3 Å². The number of nitrogens with zero attached hydrogens (tertiary/aromatic N) is 2. The van der Waals surface area contributed by atoms with Crippen LogP contribution in [0.1, 0.15) is 36.9 Å². The second-order valence-corrected chi connectivity index (χ2v) is 5.19. The highest BCUT2D eigenvalue weighted by Gasteiger charge is 2.19. The number of rotatable bonds is 3. The van der Waals surface area contributed by atoms with Crippen LogP contribution in [0, 0.1) is 0 Å². The fraction of sp³-hybridized carbons (Fsp3) is 0.700. The van der Waals surface area contributed by atoms with Gasteiger partial charge in [-0.3, -0.25) is 0 Å². The van der Waals surface area contributed by atoms with Crippen molar-refractivity contribution >= 4 is 45.2 Å². The van der Waals surface area contributed by atoms with Crippen molar-refractivity contribution in [1.82, 2.24) is 9.78 Å². The molecule has 2 rings (SSSR count). The molecule has 0 radical (unpaired) electrons. The molecule has 1 saturated heterocycles. The van der Waals surface area contributed by atoms with Crippen LogP contribution in [0.25, 0.3) is 0 Å². The van der Waals surface area contributed by atoms with Gasteiger partial charge in [0.2, 0.25) is 0 Å². The van der Waals surface area contributed by atoms with Gasteiger partial charge >= 0.3 is 0 Å². The standard InChI is InChI=1S/C10H14I2N2O/c11-6-8-5-9(7-12)14(13-8)10-3-1-2-4-15-10/h5,10H,1-4,6-7H2. The van der Waals surface area contributed by atoms with E-state index in [1.54, 1.807) is 0 Å². The van der Waals surface area contributed by atoms with Gasteiger partial charge in [0.25, 0.3) is 0 Å². The highest BCUT2D eigenvalue weighted by Crippen LogP contribution is 2.25. The first-order chi connectivity index (χ1) is 7.35. The lowest BCUT2D eigenvalue weighted by Crippen LogP contribution is -2.20. The molecule has 1 aliphatic heterocycles. The molecule has 2 heterocycles. The zero-order chi connectivity index (χ0) is 10.7. The maximum absolute atomic E-state index is 5.76. The van der Waals surface area contributed by atoms with Crippen LogP contribution in [-0.2, 0) is 13.6 Å². The Kier molecular flexibility index (Phi) is 4.68. The minimum atomic E-state index is 0.181. The molecule has 0 aliphatic carbocycles. The lowest BCUT2D eigenvalue weighted by Gasteiger charge is -2.24. The Hall–Kier alpha value is 0.630. The van der Waals surface area contributed by atoms with Crippen LogP contribution in [0.5, 0.6) is 0 Å². The summed E-state index contributed by atoms with van der Waals surface area (Å²) in [6.07, 6.45) is 3.73. The van der Waals surface area contributed by atoms with Gasteiger partial charge in [-0.15, -0.1) is 0 Å². The molecule has 1 fully saturated rings. The molecule has 0 bridgehead atoms. The van der Waals surface area contributed by atoms with Crippen LogP contribution in [0.3, 0.4) is 0 Å². The fourth-order valence-electron chi connectivity index (χ4n) is 1.82. The van der Waals surface area contributed by atoms with Crippen molar-refractivity contribution in [2.24, 2.45) is 0 Å². The Morgan fingerprint density at radius 3 is 2.87 bits per heavy atom. The molecule has 1 aliphatic rings. The Balaban J connectivity index is 2.20. The molecule has 3 nitrogen and oxygen atoms in total. The minimum Gasteiger partial charge on any atom is -0.357 e. The summed E-state index contributed by atoms with van der Waals surface area (Å²) in [5.41, 5.74) is 2.45. The van der Waals surface area contributed by atoms with Crippen LogP contribution in [0.15, 0.2) is 6.07 Å². The number of alkyl halides is 2. The molecular weight excluding hydrogens is 418 g/mol. The van der Waals surface area contributed by atoms with E-state index in [1.165, 1.54) is 18.5 Å². The molecule has 84 valence electrons. The minimum absolute atomic E-state index is 0.181. The highest BCUT2D eigenvalue weighted by molar-refractivity contribution is 14.1. The van der Waals surface area contributed by atoms with Gasteiger partial charge < -0.3 is 4.74 Å². The van der Waals surface area contributed by atoms with Crippen molar-refractivity contribution in [1.29, 1.82) is 0 Å². The predicted molar refractivity (Wildman–Crippen MR) is 76.5 cm³/mol. The summed E-state index contributed by atoms with van der Waals surface area (Å²) in [5, 5.41) is 4.60. The van der Waals surface area contributed by atoms with E-state index in [2.05, 4.69) is 61.0 Å². The maximum Gasteiger partial charge on any atom is 0.150 e. The third-order valence-corrected chi connectivity index (χ3v) is 4.13. The molecule has 1 unspecified atom stereocenters. The van der Waals surface area contributed by atoms with E-state index in [0.717, 1.165) is 27.6 Å². The smallest absolute Gasteiger partial charge is 0.150 e. The van der Waals surface area contributed by atoms with Crippen molar-refractivity contribution in [2.45, 2.75) is 34.3 Å². The van der Waals surface area contributed by atoms with Crippen LogP contribution in [-0.4, -0.2) is 16.4 Å². The summed E-state index contributed by atoms with van der Waals surface area (Å²) in [7, 11) is 0. The van der Waals surface area contributed by atoms with E-state index in [0.29, 0.717) is 0 Å². The quantitative estimate of drug-likeness (QED) is 0.541. The molecule has 1 aromatic heterocycles.